The van der Waals surface area contributed by atoms with Crippen LogP contribution in [0.4, 0.5) is 0 Å². The maximum absolute atomic E-state index is 4.40. The van der Waals surface area contributed by atoms with E-state index in [0.717, 1.165) is 13.1 Å². The zero-order chi connectivity index (χ0) is 13.0. The minimum Gasteiger partial charge on any atom is -0.314 e. The molecule has 3 unspecified atom stereocenters. The fourth-order valence-corrected chi connectivity index (χ4v) is 3.43. The van der Waals surface area contributed by atoms with Crippen molar-refractivity contribution in [1.29, 1.82) is 0 Å². The quantitative estimate of drug-likeness (QED) is 0.889. The van der Waals surface area contributed by atoms with Crippen molar-refractivity contribution < 1.29 is 0 Å². The molecular formula is C14H25N3S. The third-order valence-electron chi connectivity index (χ3n) is 4.18. The van der Waals surface area contributed by atoms with Gasteiger partial charge in [-0.2, -0.15) is 0 Å². The number of hydrogen-bond acceptors (Lipinski definition) is 4. The highest BCUT2D eigenvalue weighted by atomic mass is 32.1. The fourth-order valence-electron chi connectivity index (χ4n) is 2.79. The lowest BCUT2D eigenvalue weighted by molar-refractivity contribution is 0.0784. The van der Waals surface area contributed by atoms with Crippen LogP contribution in [-0.4, -0.2) is 35.1 Å². The van der Waals surface area contributed by atoms with E-state index in [1.54, 1.807) is 11.3 Å². The minimum atomic E-state index is 0.636. The van der Waals surface area contributed by atoms with Gasteiger partial charge in [0.1, 0.15) is 5.01 Å². The molecule has 4 heteroatoms. The van der Waals surface area contributed by atoms with E-state index in [-0.39, 0.29) is 0 Å². The van der Waals surface area contributed by atoms with Gasteiger partial charge < -0.3 is 5.32 Å². The van der Waals surface area contributed by atoms with Crippen LogP contribution in [0.25, 0.3) is 0 Å². The zero-order valence-corrected chi connectivity index (χ0v) is 12.5. The highest BCUT2D eigenvalue weighted by Crippen LogP contribution is 2.25. The lowest BCUT2D eigenvalue weighted by atomic mass is 9.87. The van der Waals surface area contributed by atoms with E-state index in [2.05, 4.69) is 41.4 Å². The van der Waals surface area contributed by atoms with Crippen LogP contribution < -0.4 is 5.32 Å². The zero-order valence-electron chi connectivity index (χ0n) is 11.7. The minimum absolute atomic E-state index is 0.636. The molecule has 0 spiro atoms. The fraction of sp³-hybridized carbons (Fsp3) is 0.786. The molecule has 0 amide bonds. The third kappa shape index (κ3) is 3.31. The maximum Gasteiger partial charge on any atom is 0.107 e. The van der Waals surface area contributed by atoms with Gasteiger partial charge in [0.2, 0.25) is 0 Å². The molecule has 0 aromatic carbocycles. The second-order valence-corrected chi connectivity index (χ2v) is 6.32. The van der Waals surface area contributed by atoms with Gasteiger partial charge in [-0.3, -0.25) is 4.90 Å². The van der Waals surface area contributed by atoms with E-state index in [4.69, 9.17) is 0 Å². The third-order valence-corrected chi connectivity index (χ3v) is 4.94. The summed E-state index contributed by atoms with van der Waals surface area (Å²) in [6, 6.07) is 1.32. The summed E-state index contributed by atoms with van der Waals surface area (Å²) in [5, 5.41) is 7.00. The van der Waals surface area contributed by atoms with Gasteiger partial charge in [-0.25, -0.2) is 4.98 Å². The number of rotatable bonds is 5. The molecule has 1 N–H and O–H groups in total. The first kappa shape index (κ1) is 14.0. The first-order valence-corrected chi connectivity index (χ1v) is 7.96. The molecule has 0 radical (unpaired) electrons. The topological polar surface area (TPSA) is 28.2 Å². The number of piperidine rings is 1. The Balaban J connectivity index is 1.89. The normalized spacial score (nSPS) is 29.6. The van der Waals surface area contributed by atoms with Gasteiger partial charge in [-0.1, -0.05) is 13.8 Å². The predicted molar refractivity (Wildman–Crippen MR) is 77.8 cm³/mol. The number of nitrogens with one attached hydrogen (secondary N) is 1. The molecule has 1 aliphatic rings. The molecule has 2 rings (SSSR count). The first-order chi connectivity index (χ1) is 8.72. The smallest absolute Gasteiger partial charge is 0.107 e. The molecule has 1 aliphatic heterocycles. The second-order valence-electron chi connectivity index (χ2n) is 5.35. The van der Waals surface area contributed by atoms with Crippen LogP contribution in [-0.2, 0) is 6.54 Å². The lowest BCUT2D eigenvalue weighted by Gasteiger charge is -2.42. The molecule has 3 atom stereocenters. The highest BCUT2D eigenvalue weighted by molar-refractivity contribution is 7.09. The Morgan fingerprint density at radius 3 is 3.00 bits per heavy atom. The predicted octanol–water partition coefficient (Wildman–Crippen LogP) is 2.74. The monoisotopic (exact) mass is 267 g/mol. The van der Waals surface area contributed by atoms with Gasteiger partial charge in [-0.15, -0.1) is 11.3 Å². The van der Waals surface area contributed by atoms with Crippen LogP contribution in [0.1, 0.15) is 38.6 Å². The van der Waals surface area contributed by atoms with Crippen LogP contribution in [0.3, 0.4) is 0 Å². The van der Waals surface area contributed by atoms with Crippen LogP contribution in [0.2, 0.25) is 0 Å². The summed E-state index contributed by atoms with van der Waals surface area (Å²) in [7, 11) is 0. The summed E-state index contributed by atoms with van der Waals surface area (Å²) in [5.41, 5.74) is 0. The average molecular weight is 267 g/mol. The second kappa shape index (κ2) is 6.64. The standard InChI is InChI=1S/C14H25N3S/c1-4-6-15-13-5-8-17(12(3)11(13)2)10-14-16-7-9-18-14/h7,9,11-13,15H,4-6,8,10H2,1-3H3. The van der Waals surface area contributed by atoms with Crippen LogP contribution >= 0.6 is 11.3 Å². The van der Waals surface area contributed by atoms with E-state index in [0.29, 0.717) is 18.0 Å². The number of hydrogen-bond donors (Lipinski definition) is 1. The number of aromatic nitrogens is 1. The Kier molecular flexibility index (Phi) is 5.15. The Labute approximate surface area is 115 Å². The average Bonchev–Trinajstić information content (AvgIpc) is 2.87. The van der Waals surface area contributed by atoms with Crippen LogP contribution in [0.15, 0.2) is 11.6 Å². The van der Waals surface area contributed by atoms with Crippen molar-refractivity contribution in [2.45, 2.75) is 52.2 Å². The number of nitrogens with zero attached hydrogens (tertiary/aromatic N) is 2. The van der Waals surface area contributed by atoms with Crippen LogP contribution in [0.5, 0.6) is 0 Å². The van der Waals surface area contributed by atoms with Gasteiger partial charge in [0.15, 0.2) is 0 Å². The van der Waals surface area contributed by atoms with Gasteiger partial charge in [0.25, 0.3) is 0 Å². The molecule has 1 aromatic rings. The number of thiazole rings is 1. The summed E-state index contributed by atoms with van der Waals surface area (Å²) >= 11 is 1.77. The largest absolute Gasteiger partial charge is 0.314 e. The SMILES string of the molecule is CCCNC1CCN(Cc2nccs2)C(C)C1C. The Hall–Kier alpha value is -0.450. The first-order valence-electron chi connectivity index (χ1n) is 7.08. The van der Waals surface area contributed by atoms with E-state index >= 15 is 0 Å². The summed E-state index contributed by atoms with van der Waals surface area (Å²) in [6.07, 6.45) is 4.39. The van der Waals surface area contributed by atoms with Gasteiger partial charge >= 0.3 is 0 Å². The van der Waals surface area contributed by atoms with Crippen LogP contribution in [0, 0.1) is 5.92 Å². The summed E-state index contributed by atoms with van der Waals surface area (Å²) in [5.74, 6) is 0.713. The molecule has 0 bridgehead atoms. The van der Waals surface area contributed by atoms with Crippen molar-refractivity contribution in [3.8, 4) is 0 Å². The van der Waals surface area contributed by atoms with Gasteiger partial charge in [0, 0.05) is 30.2 Å². The van der Waals surface area contributed by atoms with Crippen molar-refractivity contribution in [3.63, 3.8) is 0 Å². The highest BCUT2D eigenvalue weighted by Gasteiger charge is 2.32. The van der Waals surface area contributed by atoms with Crippen molar-refractivity contribution >= 4 is 11.3 Å². The Bertz CT molecular complexity index is 339. The summed E-state index contributed by atoms with van der Waals surface area (Å²) < 4.78 is 0. The molecule has 0 aliphatic carbocycles. The molecule has 1 saturated heterocycles. The van der Waals surface area contributed by atoms with E-state index in [9.17, 15) is 0 Å². The van der Waals surface area contributed by atoms with Crippen molar-refractivity contribution in [3.05, 3.63) is 16.6 Å². The van der Waals surface area contributed by atoms with Crippen molar-refractivity contribution in [2.75, 3.05) is 13.1 Å². The molecular weight excluding hydrogens is 242 g/mol. The number of likely N-dealkylation sites (tertiary alicyclic amines) is 1. The van der Waals surface area contributed by atoms with E-state index in [1.165, 1.54) is 24.4 Å². The Morgan fingerprint density at radius 2 is 2.33 bits per heavy atom. The summed E-state index contributed by atoms with van der Waals surface area (Å²) in [6.45, 7) is 10.3. The molecule has 102 valence electrons. The van der Waals surface area contributed by atoms with Crippen molar-refractivity contribution in [1.82, 2.24) is 15.2 Å². The van der Waals surface area contributed by atoms with Gasteiger partial charge in [0.05, 0.1) is 6.54 Å². The maximum atomic E-state index is 4.40. The van der Waals surface area contributed by atoms with Gasteiger partial charge in [-0.05, 0) is 32.2 Å². The molecule has 2 heterocycles. The Morgan fingerprint density at radius 1 is 1.50 bits per heavy atom. The molecule has 3 nitrogen and oxygen atoms in total. The lowest BCUT2D eigenvalue weighted by Crippen LogP contribution is -2.53. The molecule has 1 fully saturated rings. The molecule has 1 aromatic heterocycles. The van der Waals surface area contributed by atoms with E-state index < -0.39 is 0 Å². The molecule has 18 heavy (non-hydrogen) atoms. The van der Waals surface area contributed by atoms with E-state index in [1.807, 2.05) is 6.20 Å². The van der Waals surface area contributed by atoms with Crippen molar-refractivity contribution in [2.24, 2.45) is 5.92 Å². The molecule has 0 saturated carbocycles. The summed E-state index contributed by atoms with van der Waals surface area (Å²) in [4.78, 5) is 6.98.